The Balaban J connectivity index is 1.46. The number of carbonyl (C=O) groups excluding carboxylic acids is 1. The molecule has 0 saturated carbocycles. The maximum atomic E-state index is 12.2. The quantitative estimate of drug-likeness (QED) is 0.847. The molecular formula is C18H27N3O3. The van der Waals surface area contributed by atoms with E-state index < -0.39 is 0 Å². The van der Waals surface area contributed by atoms with Crippen LogP contribution in [0.3, 0.4) is 0 Å². The van der Waals surface area contributed by atoms with Crippen molar-refractivity contribution in [1.29, 1.82) is 0 Å². The van der Waals surface area contributed by atoms with Crippen molar-refractivity contribution in [2.45, 2.75) is 12.8 Å². The molecule has 6 nitrogen and oxygen atoms in total. The first-order valence-electron chi connectivity index (χ1n) is 8.80. The summed E-state index contributed by atoms with van der Waals surface area (Å²) in [5, 5.41) is 12.1. The van der Waals surface area contributed by atoms with E-state index >= 15 is 0 Å². The highest BCUT2D eigenvalue weighted by molar-refractivity contribution is 5.92. The van der Waals surface area contributed by atoms with Crippen molar-refractivity contribution < 1.29 is 14.6 Å². The van der Waals surface area contributed by atoms with Gasteiger partial charge in [-0.2, -0.15) is 0 Å². The SMILES string of the molecule is O=C(CN1CCC(CO)CC1)Nc1ccc(N2CCOCC2)cc1. The summed E-state index contributed by atoms with van der Waals surface area (Å²) < 4.78 is 5.37. The minimum atomic E-state index is 0.0246. The van der Waals surface area contributed by atoms with E-state index in [1.807, 2.05) is 24.3 Å². The Kier molecular flexibility index (Phi) is 6.07. The number of rotatable bonds is 5. The van der Waals surface area contributed by atoms with Gasteiger partial charge in [0.2, 0.25) is 5.91 Å². The van der Waals surface area contributed by atoms with Crippen LogP contribution in [0.15, 0.2) is 24.3 Å². The summed E-state index contributed by atoms with van der Waals surface area (Å²) in [5.41, 5.74) is 2.00. The zero-order valence-corrected chi connectivity index (χ0v) is 14.1. The summed E-state index contributed by atoms with van der Waals surface area (Å²) in [6.45, 7) is 5.81. The van der Waals surface area contributed by atoms with Crippen LogP contribution >= 0.6 is 0 Å². The number of carbonyl (C=O) groups is 1. The van der Waals surface area contributed by atoms with Crippen LogP contribution in [0.1, 0.15) is 12.8 Å². The molecule has 6 heteroatoms. The normalized spacial score (nSPS) is 20.1. The molecule has 0 radical (unpaired) electrons. The van der Waals surface area contributed by atoms with Gasteiger partial charge in [0.15, 0.2) is 0 Å². The molecule has 2 aliphatic heterocycles. The number of ether oxygens (including phenoxy) is 1. The molecule has 24 heavy (non-hydrogen) atoms. The fraction of sp³-hybridized carbons (Fsp3) is 0.611. The number of nitrogens with one attached hydrogen (secondary N) is 1. The molecule has 2 N–H and O–H groups in total. The van der Waals surface area contributed by atoms with Crippen molar-refractivity contribution in [3.63, 3.8) is 0 Å². The Labute approximate surface area is 143 Å². The number of piperidine rings is 1. The summed E-state index contributed by atoms with van der Waals surface area (Å²) in [4.78, 5) is 16.6. The Morgan fingerprint density at radius 3 is 2.42 bits per heavy atom. The molecule has 0 aromatic heterocycles. The Hall–Kier alpha value is -1.63. The summed E-state index contributed by atoms with van der Waals surface area (Å²) in [7, 11) is 0. The monoisotopic (exact) mass is 333 g/mol. The lowest BCUT2D eigenvalue weighted by Gasteiger charge is -2.30. The number of hydrogen-bond donors (Lipinski definition) is 2. The van der Waals surface area contributed by atoms with Crippen LogP contribution in [0.25, 0.3) is 0 Å². The van der Waals surface area contributed by atoms with E-state index in [-0.39, 0.29) is 12.5 Å². The molecule has 0 spiro atoms. The highest BCUT2D eigenvalue weighted by Crippen LogP contribution is 2.19. The fourth-order valence-electron chi connectivity index (χ4n) is 3.31. The van der Waals surface area contributed by atoms with Crippen LogP contribution < -0.4 is 10.2 Å². The number of hydrogen-bond acceptors (Lipinski definition) is 5. The van der Waals surface area contributed by atoms with Crippen molar-refractivity contribution in [3.8, 4) is 0 Å². The van der Waals surface area contributed by atoms with Crippen LogP contribution in [-0.4, -0.2) is 68.5 Å². The minimum absolute atomic E-state index is 0.0246. The number of anilines is 2. The number of nitrogens with zero attached hydrogens (tertiary/aromatic N) is 2. The molecule has 0 aliphatic carbocycles. The van der Waals surface area contributed by atoms with E-state index in [2.05, 4.69) is 15.1 Å². The summed E-state index contributed by atoms with van der Waals surface area (Å²) in [6, 6.07) is 8.02. The minimum Gasteiger partial charge on any atom is -0.396 e. The van der Waals surface area contributed by atoms with Gasteiger partial charge in [-0.3, -0.25) is 9.69 Å². The predicted molar refractivity (Wildman–Crippen MR) is 94.4 cm³/mol. The lowest BCUT2D eigenvalue weighted by molar-refractivity contribution is -0.117. The highest BCUT2D eigenvalue weighted by Gasteiger charge is 2.20. The third-order valence-corrected chi connectivity index (χ3v) is 4.86. The standard InChI is InChI=1S/C18H27N3O3/c22-14-15-5-7-20(8-6-15)13-18(23)19-16-1-3-17(4-2-16)21-9-11-24-12-10-21/h1-4,15,22H,5-14H2,(H,19,23). The van der Waals surface area contributed by atoms with Crippen molar-refractivity contribution in [1.82, 2.24) is 4.90 Å². The van der Waals surface area contributed by atoms with Gasteiger partial charge in [0.1, 0.15) is 0 Å². The van der Waals surface area contributed by atoms with Gasteiger partial charge < -0.3 is 20.1 Å². The Morgan fingerprint density at radius 1 is 1.12 bits per heavy atom. The first kappa shape index (κ1) is 17.2. The third kappa shape index (κ3) is 4.69. The van der Waals surface area contributed by atoms with Crippen LogP contribution in [0, 0.1) is 5.92 Å². The Morgan fingerprint density at radius 2 is 1.79 bits per heavy atom. The number of amides is 1. The molecular weight excluding hydrogens is 306 g/mol. The second kappa shape index (κ2) is 8.46. The molecule has 1 amide bonds. The maximum Gasteiger partial charge on any atom is 0.238 e. The van der Waals surface area contributed by atoms with Crippen LogP contribution in [-0.2, 0) is 9.53 Å². The molecule has 0 unspecified atom stereocenters. The second-order valence-corrected chi connectivity index (χ2v) is 6.60. The van der Waals surface area contributed by atoms with Crippen LogP contribution in [0.5, 0.6) is 0 Å². The van der Waals surface area contributed by atoms with Gasteiger partial charge in [0, 0.05) is 31.1 Å². The molecule has 3 rings (SSSR count). The van der Waals surface area contributed by atoms with Gasteiger partial charge in [-0.05, 0) is 56.1 Å². The topological polar surface area (TPSA) is 65.0 Å². The molecule has 1 aromatic rings. The van der Waals surface area contributed by atoms with Gasteiger partial charge in [-0.1, -0.05) is 0 Å². The summed E-state index contributed by atoms with van der Waals surface area (Å²) in [6.07, 6.45) is 1.94. The molecule has 0 atom stereocenters. The van der Waals surface area contributed by atoms with Crippen LogP contribution in [0.4, 0.5) is 11.4 Å². The van der Waals surface area contributed by atoms with Gasteiger partial charge in [-0.15, -0.1) is 0 Å². The van der Waals surface area contributed by atoms with Crippen molar-refractivity contribution in [2.24, 2.45) is 5.92 Å². The van der Waals surface area contributed by atoms with Gasteiger partial charge >= 0.3 is 0 Å². The molecule has 2 saturated heterocycles. The van der Waals surface area contributed by atoms with E-state index in [1.165, 1.54) is 5.69 Å². The van der Waals surface area contributed by atoms with E-state index in [4.69, 9.17) is 9.84 Å². The lowest BCUT2D eigenvalue weighted by Crippen LogP contribution is -2.39. The average molecular weight is 333 g/mol. The van der Waals surface area contributed by atoms with Gasteiger partial charge in [-0.25, -0.2) is 0 Å². The lowest BCUT2D eigenvalue weighted by atomic mass is 9.98. The first-order chi connectivity index (χ1) is 11.7. The zero-order valence-electron chi connectivity index (χ0n) is 14.1. The maximum absolute atomic E-state index is 12.2. The summed E-state index contributed by atoms with van der Waals surface area (Å²) >= 11 is 0. The largest absolute Gasteiger partial charge is 0.396 e. The smallest absolute Gasteiger partial charge is 0.238 e. The molecule has 132 valence electrons. The van der Waals surface area contributed by atoms with Crippen molar-refractivity contribution in [3.05, 3.63) is 24.3 Å². The van der Waals surface area contributed by atoms with E-state index in [0.717, 1.165) is 57.9 Å². The Bertz CT molecular complexity index is 521. The van der Waals surface area contributed by atoms with Crippen molar-refractivity contribution >= 4 is 17.3 Å². The molecule has 2 heterocycles. The third-order valence-electron chi connectivity index (χ3n) is 4.86. The molecule has 2 fully saturated rings. The van der Waals surface area contributed by atoms with Crippen LogP contribution in [0.2, 0.25) is 0 Å². The number of aliphatic hydroxyl groups excluding tert-OH is 1. The number of aliphatic hydroxyl groups is 1. The summed E-state index contributed by atoms with van der Waals surface area (Å²) in [5.74, 6) is 0.425. The van der Waals surface area contributed by atoms with Gasteiger partial charge in [0.25, 0.3) is 0 Å². The predicted octanol–water partition coefficient (Wildman–Crippen LogP) is 1.17. The molecule has 1 aromatic carbocycles. The number of likely N-dealkylation sites (tertiary alicyclic amines) is 1. The second-order valence-electron chi connectivity index (χ2n) is 6.60. The zero-order chi connectivity index (χ0) is 16.8. The van der Waals surface area contributed by atoms with E-state index in [1.54, 1.807) is 0 Å². The molecule has 0 bridgehead atoms. The number of benzene rings is 1. The van der Waals surface area contributed by atoms with E-state index in [9.17, 15) is 4.79 Å². The average Bonchev–Trinajstić information content (AvgIpc) is 2.64. The molecule has 2 aliphatic rings. The first-order valence-corrected chi connectivity index (χ1v) is 8.80. The van der Waals surface area contributed by atoms with E-state index in [0.29, 0.717) is 12.5 Å². The fourth-order valence-corrected chi connectivity index (χ4v) is 3.31. The number of morpholine rings is 1. The highest BCUT2D eigenvalue weighted by atomic mass is 16.5. The van der Waals surface area contributed by atoms with Crippen molar-refractivity contribution in [2.75, 3.05) is 62.8 Å². The van der Waals surface area contributed by atoms with Gasteiger partial charge in [0.05, 0.1) is 19.8 Å².